The predicted molar refractivity (Wildman–Crippen MR) is 99.8 cm³/mol. The Labute approximate surface area is 150 Å². The van der Waals surface area contributed by atoms with E-state index in [1.807, 2.05) is 42.5 Å². The largest absolute Gasteiger partial charge is 0.492 e. The Morgan fingerprint density at radius 2 is 1.72 bits per heavy atom. The maximum atomic E-state index is 12.5. The maximum absolute atomic E-state index is 12.5. The van der Waals surface area contributed by atoms with Crippen molar-refractivity contribution in [2.45, 2.75) is 32.3 Å². The van der Waals surface area contributed by atoms with E-state index in [2.05, 4.69) is 31.3 Å². The third-order valence-corrected chi connectivity index (χ3v) is 4.37. The second-order valence-corrected chi connectivity index (χ2v) is 6.43. The van der Waals surface area contributed by atoms with Gasteiger partial charge in [-0.2, -0.15) is 0 Å². The zero-order chi connectivity index (χ0) is 18.3. The molecule has 0 aliphatic heterocycles. The van der Waals surface area contributed by atoms with Gasteiger partial charge in [0.1, 0.15) is 12.4 Å². The fourth-order valence-electron chi connectivity index (χ4n) is 2.55. The number of hydrogen-bond donors (Lipinski definition) is 1. The van der Waals surface area contributed by atoms with Crippen LogP contribution in [0.3, 0.4) is 0 Å². The fraction of sp³-hybridized carbons (Fsp3) is 0.381. The molecule has 0 radical (unpaired) electrons. The van der Waals surface area contributed by atoms with Gasteiger partial charge in [0.25, 0.3) is 5.91 Å². The van der Waals surface area contributed by atoms with E-state index in [0.717, 1.165) is 11.3 Å². The fourth-order valence-corrected chi connectivity index (χ4v) is 2.55. The number of carbonyl (C=O) groups is 1. The average molecular weight is 341 g/mol. The molecule has 0 aliphatic rings. The monoisotopic (exact) mass is 341 g/mol. The number of ether oxygens (including phenoxy) is 2. The highest BCUT2D eigenvalue weighted by atomic mass is 16.5. The Hall–Kier alpha value is -2.33. The summed E-state index contributed by atoms with van der Waals surface area (Å²) in [5.74, 6) is 1.12. The summed E-state index contributed by atoms with van der Waals surface area (Å²) in [6.07, 6.45) is 0. The molecule has 25 heavy (non-hydrogen) atoms. The molecule has 0 saturated heterocycles. The zero-order valence-electron chi connectivity index (χ0n) is 15.4. The van der Waals surface area contributed by atoms with Crippen molar-refractivity contribution < 1.29 is 14.3 Å². The Bertz CT molecular complexity index is 667. The van der Waals surface area contributed by atoms with Crippen LogP contribution < -0.4 is 10.1 Å². The molecule has 0 fully saturated rings. The first-order chi connectivity index (χ1) is 12.0. The van der Waals surface area contributed by atoms with Gasteiger partial charge >= 0.3 is 0 Å². The molecule has 2 aromatic rings. The lowest BCUT2D eigenvalue weighted by atomic mass is 9.95. The summed E-state index contributed by atoms with van der Waals surface area (Å²) < 4.78 is 11.2. The average Bonchev–Trinajstić information content (AvgIpc) is 2.65. The van der Waals surface area contributed by atoms with Crippen LogP contribution in [0.4, 0.5) is 0 Å². The molecule has 0 saturated carbocycles. The molecule has 4 heteroatoms. The minimum atomic E-state index is -1.01. The topological polar surface area (TPSA) is 47.6 Å². The summed E-state index contributed by atoms with van der Waals surface area (Å²) in [6, 6.07) is 17.5. The van der Waals surface area contributed by atoms with Crippen LogP contribution in [0.1, 0.15) is 37.8 Å². The Morgan fingerprint density at radius 3 is 2.28 bits per heavy atom. The Balaban J connectivity index is 1.85. The van der Waals surface area contributed by atoms with Crippen LogP contribution in [0, 0.1) is 0 Å². The van der Waals surface area contributed by atoms with Crippen molar-refractivity contribution in [3.8, 4) is 5.75 Å². The molecular weight excluding hydrogens is 314 g/mol. The first kappa shape index (κ1) is 19.0. The molecule has 4 nitrogen and oxygen atoms in total. The second kappa shape index (κ2) is 8.67. The van der Waals surface area contributed by atoms with Crippen molar-refractivity contribution in [2.24, 2.45) is 0 Å². The lowest BCUT2D eigenvalue weighted by Gasteiger charge is -2.27. The number of methoxy groups -OCH3 is 1. The number of hydrogen-bond acceptors (Lipinski definition) is 3. The van der Waals surface area contributed by atoms with Crippen LogP contribution in [-0.4, -0.2) is 26.2 Å². The third-order valence-electron chi connectivity index (χ3n) is 4.37. The molecule has 1 N–H and O–H groups in total. The summed E-state index contributed by atoms with van der Waals surface area (Å²) in [5, 5.41) is 2.88. The molecule has 0 heterocycles. The Morgan fingerprint density at radius 1 is 1.08 bits per heavy atom. The van der Waals surface area contributed by atoms with Gasteiger partial charge in [-0.15, -0.1) is 0 Å². The minimum Gasteiger partial charge on any atom is -0.492 e. The van der Waals surface area contributed by atoms with Gasteiger partial charge in [-0.1, -0.05) is 56.3 Å². The van der Waals surface area contributed by atoms with Gasteiger partial charge in [0.05, 0.1) is 6.54 Å². The second-order valence-electron chi connectivity index (χ2n) is 6.43. The van der Waals surface area contributed by atoms with Crippen LogP contribution in [0.5, 0.6) is 5.75 Å². The quantitative estimate of drug-likeness (QED) is 0.742. The first-order valence-corrected chi connectivity index (χ1v) is 8.59. The van der Waals surface area contributed by atoms with E-state index < -0.39 is 5.60 Å². The normalized spacial score (nSPS) is 13.3. The van der Waals surface area contributed by atoms with Gasteiger partial charge in [-0.3, -0.25) is 4.79 Å². The highest BCUT2D eigenvalue weighted by Gasteiger charge is 2.34. The number of benzene rings is 2. The molecular formula is C21H27NO3. The van der Waals surface area contributed by atoms with Crippen molar-refractivity contribution >= 4 is 5.91 Å². The van der Waals surface area contributed by atoms with E-state index in [-0.39, 0.29) is 5.91 Å². The summed E-state index contributed by atoms with van der Waals surface area (Å²) >= 11 is 0. The van der Waals surface area contributed by atoms with Gasteiger partial charge < -0.3 is 14.8 Å². The molecule has 0 aliphatic carbocycles. The number of nitrogens with one attached hydrogen (secondary N) is 1. The third kappa shape index (κ3) is 4.83. The van der Waals surface area contributed by atoms with Crippen LogP contribution in [-0.2, 0) is 15.1 Å². The SMILES string of the molecule is COC(C)(C(=O)NCCOc1ccc(C(C)C)cc1)c1ccccc1. The smallest absolute Gasteiger partial charge is 0.256 e. The molecule has 0 bridgehead atoms. The summed E-state index contributed by atoms with van der Waals surface area (Å²) in [7, 11) is 1.54. The van der Waals surface area contributed by atoms with E-state index in [1.54, 1.807) is 14.0 Å². The molecule has 1 atom stereocenters. The highest BCUT2D eigenvalue weighted by Crippen LogP contribution is 2.24. The van der Waals surface area contributed by atoms with Gasteiger partial charge in [0.15, 0.2) is 5.60 Å². The van der Waals surface area contributed by atoms with Crippen molar-refractivity contribution in [1.29, 1.82) is 0 Å². The van der Waals surface area contributed by atoms with Gasteiger partial charge in [0.2, 0.25) is 0 Å². The summed E-state index contributed by atoms with van der Waals surface area (Å²) in [5.41, 5.74) is 1.08. The van der Waals surface area contributed by atoms with Gasteiger partial charge in [-0.05, 0) is 36.1 Å². The molecule has 2 rings (SSSR count). The molecule has 1 amide bonds. The number of carbonyl (C=O) groups excluding carboxylic acids is 1. The standard InChI is InChI=1S/C21H27NO3/c1-16(2)17-10-12-19(13-11-17)25-15-14-22-20(23)21(3,24-4)18-8-6-5-7-9-18/h5-13,16H,14-15H2,1-4H3,(H,22,23). The van der Waals surface area contributed by atoms with E-state index in [4.69, 9.17) is 9.47 Å². The van der Waals surface area contributed by atoms with Crippen molar-refractivity contribution in [1.82, 2.24) is 5.32 Å². The van der Waals surface area contributed by atoms with Crippen LogP contribution in [0.25, 0.3) is 0 Å². The van der Waals surface area contributed by atoms with Crippen molar-refractivity contribution in [3.05, 3.63) is 65.7 Å². The first-order valence-electron chi connectivity index (χ1n) is 8.59. The lowest BCUT2D eigenvalue weighted by molar-refractivity contribution is -0.142. The maximum Gasteiger partial charge on any atom is 0.256 e. The summed E-state index contributed by atoms with van der Waals surface area (Å²) in [6.45, 7) is 6.90. The zero-order valence-corrected chi connectivity index (χ0v) is 15.4. The molecule has 0 aromatic heterocycles. The highest BCUT2D eigenvalue weighted by molar-refractivity contribution is 5.86. The number of amides is 1. The number of rotatable bonds is 8. The van der Waals surface area contributed by atoms with E-state index in [0.29, 0.717) is 19.1 Å². The molecule has 1 unspecified atom stereocenters. The van der Waals surface area contributed by atoms with Crippen molar-refractivity contribution in [3.63, 3.8) is 0 Å². The van der Waals surface area contributed by atoms with Crippen LogP contribution in [0.2, 0.25) is 0 Å². The molecule has 2 aromatic carbocycles. The van der Waals surface area contributed by atoms with Gasteiger partial charge in [-0.25, -0.2) is 0 Å². The predicted octanol–water partition coefficient (Wildman–Crippen LogP) is 3.87. The van der Waals surface area contributed by atoms with Crippen LogP contribution in [0.15, 0.2) is 54.6 Å². The Kier molecular flexibility index (Phi) is 6.59. The van der Waals surface area contributed by atoms with Crippen molar-refractivity contribution in [2.75, 3.05) is 20.3 Å². The van der Waals surface area contributed by atoms with Crippen LogP contribution >= 0.6 is 0 Å². The van der Waals surface area contributed by atoms with E-state index in [9.17, 15) is 4.79 Å². The van der Waals surface area contributed by atoms with E-state index >= 15 is 0 Å². The van der Waals surface area contributed by atoms with E-state index in [1.165, 1.54) is 5.56 Å². The molecule has 134 valence electrons. The molecule has 0 spiro atoms. The summed E-state index contributed by atoms with van der Waals surface area (Å²) in [4.78, 5) is 12.5. The minimum absolute atomic E-state index is 0.181. The lowest BCUT2D eigenvalue weighted by Crippen LogP contribution is -2.44. The van der Waals surface area contributed by atoms with Gasteiger partial charge in [0, 0.05) is 7.11 Å².